The number of hydrogen-bond donors (Lipinski definition) is 2. The minimum atomic E-state index is -0.875. The van der Waals surface area contributed by atoms with Gasteiger partial charge in [-0.3, -0.25) is 14.5 Å². The van der Waals surface area contributed by atoms with Gasteiger partial charge in [0.2, 0.25) is 0 Å². The van der Waals surface area contributed by atoms with Gasteiger partial charge in [-0.25, -0.2) is 4.98 Å². The summed E-state index contributed by atoms with van der Waals surface area (Å²) in [7, 11) is 0. The van der Waals surface area contributed by atoms with Crippen LogP contribution >= 0.6 is 0 Å². The number of rotatable bonds is 8. The molecule has 8 nitrogen and oxygen atoms in total. The molecule has 1 aromatic carbocycles. The number of nitrogens with one attached hydrogen (secondary N) is 1. The first-order valence-electron chi connectivity index (χ1n) is 13.2. The summed E-state index contributed by atoms with van der Waals surface area (Å²) >= 11 is 0. The highest BCUT2D eigenvalue weighted by Gasteiger charge is 2.23. The van der Waals surface area contributed by atoms with Crippen molar-refractivity contribution in [3.05, 3.63) is 76.9 Å². The number of benzene rings is 1. The van der Waals surface area contributed by atoms with Gasteiger partial charge in [0.15, 0.2) is 0 Å². The average Bonchev–Trinajstić information content (AvgIpc) is 3.34. The molecule has 3 aromatic heterocycles. The van der Waals surface area contributed by atoms with E-state index in [4.69, 9.17) is 9.72 Å². The Morgan fingerprint density at radius 2 is 1.95 bits per heavy atom. The lowest BCUT2D eigenvalue weighted by Gasteiger charge is -2.21. The van der Waals surface area contributed by atoms with Crippen molar-refractivity contribution in [3.8, 4) is 5.75 Å². The number of carboxylic acids is 1. The Kier molecular flexibility index (Phi) is 6.47. The van der Waals surface area contributed by atoms with E-state index in [1.807, 2.05) is 18.2 Å². The Bertz CT molecular complexity index is 1450. The van der Waals surface area contributed by atoms with Crippen LogP contribution in [0.4, 0.5) is 5.82 Å². The summed E-state index contributed by atoms with van der Waals surface area (Å²) in [6.07, 6.45) is 10.9. The van der Waals surface area contributed by atoms with Crippen molar-refractivity contribution in [2.75, 3.05) is 18.5 Å². The topological polar surface area (TPSA) is 102 Å². The number of ether oxygens (including phenoxy) is 1. The summed E-state index contributed by atoms with van der Waals surface area (Å²) in [6, 6.07) is 11.8. The zero-order valence-corrected chi connectivity index (χ0v) is 20.8. The van der Waals surface area contributed by atoms with Crippen molar-refractivity contribution in [1.29, 1.82) is 0 Å². The molecule has 4 heterocycles. The molecule has 2 N–H and O–H groups in total. The number of nitrogens with zero attached hydrogens (tertiary/aromatic N) is 4. The van der Waals surface area contributed by atoms with Crippen molar-refractivity contribution in [1.82, 2.24) is 19.7 Å². The van der Waals surface area contributed by atoms with Crippen molar-refractivity contribution in [3.63, 3.8) is 0 Å². The number of aromatic nitrogens is 4. The zero-order chi connectivity index (χ0) is 25.2. The Balaban J connectivity index is 1.19. The number of anilines is 1. The van der Waals surface area contributed by atoms with Crippen LogP contribution in [0.3, 0.4) is 0 Å². The molecule has 190 valence electrons. The van der Waals surface area contributed by atoms with E-state index in [-0.39, 0.29) is 6.42 Å². The number of pyridine rings is 2. The van der Waals surface area contributed by atoms with Gasteiger partial charge in [0.05, 0.1) is 30.8 Å². The van der Waals surface area contributed by atoms with Crippen molar-refractivity contribution >= 4 is 22.7 Å². The number of fused-ring (bicyclic) bond motifs is 3. The van der Waals surface area contributed by atoms with E-state index in [0.717, 1.165) is 77.9 Å². The molecule has 6 rings (SSSR count). The van der Waals surface area contributed by atoms with Gasteiger partial charge in [-0.2, -0.15) is 5.10 Å². The van der Waals surface area contributed by atoms with Crippen LogP contribution in [0.25, 0.3) is 10.9 Å². The smallest absolute Gasteiger partial charge is 0.305 e. The van der Waals surface area contributed by atoms with Gasteiger partial charge < -0.3 is 15.2 Å². The normalized spacial score (nSPS) is 15.5. The molecule has 0 amide bonds. The first kappa shape index (κ1) is 23.5. The van der Waals surface area contributed by atoms with Crippen molar-refractivity contribution < 1.29 is 14.6 Å². The highest BCUT2D eigenvalue weighted by Crippen LogP contribution is 2.31. The van der Waals surface area contributed by atoms with E-state index >= 15 is 0 Å². The Morgan fingerprint density at radius 3 is 2.86 bits per heavy atom. The van der Waals surface area contributed by atoms with Gasteiger partial charge in [0.1, 0.15) is 11.6 Å². The first-order valence-corrected chi connectivity index (χ1v) is 13.2. The number of aryl methyl sites for hydroxylation is 3. The lowest BCUT2D eigenvalue weighted by Crippen LogP contribution is -2.19. The number of carbonyl (C=O) groups is 1. The van der Waals surface area contributed by atoms with Gasteiger partial charge in [-0.1, -0.05) is 6.07 Å². The molecule has 0 radical (unpaired) electrons. The fourth-order valence-corrected chi connectivity index (χ4v) is 5.47. The van der Waals surface area contributed by atoms with E-state index in [2.05, 4.69) is 33.6 Å². The molecular weight excluding hydrogens is 466 g/mol. The molecule has 0 spiro atoms. The Labute approximate surface area is 215 Å². The third-order valence-corrected chi connectivity index (χ3v) is 7.38. The molecule has 37 heavy (non-hydrogen) atoms. The third-order valence-electron chi connectivity index (χ3n) is 7.38. The number of aliphatic carboxylic acids is 1. The second-order valence-corrected chi connectivity index (χ2v) is 9.94. The van der Waals surface area contributed by atoms with E-state index in [1.54, 1.807) is 17.1 Å². The maximum atomic E-state index is 11.8. The summed E-state index contributed by atoms with van der Waals surface area (Å²) in [6.45, 7) is 1.46. The fourth-order valence-electron chi connectivity index (χ4n) is 5.47. The van der Waals surface area contributed by atoms with Crippen molar-refractivity contribution in [2.24, 2.45) is 0 Å². The maximum absolute atomic E-state index is 11.8. The molecule has 1 aliphatic heterocycles. The van der Waals surface area contributed by atoms with Gasteiger partial charge >= 0.3 is 5.97 Å². The van der Waals surface area contributed by atoms with E-state index in [1.165, 1.54) is 24.1 Å². The second-order valence-electron chi connectivity index (χ2n) is 9.94. The molecule has 2 aliphatic rings. The van der Waals surface area contributed by atoms with Gasteiger partial charge in [0, 0.05) is 35.9 Å². The summed E-state index contributed by atoms with van der Waals surface area (Å²) in [5, 5.41) is 18.5. The Morgan fingerprint density at radius 1 is 1.05 bits per heavy atom. The molecule has 0 saturated heterocycles. The highest BCUT2D eigenvalue weighted by atomic mass is 16.5. The van der Waals surface area contributed by atoms with E-state index in [9.17, 15) is 9.90 Å². The Hall–Kier alpha value is -3.94. The standard InChI is InChI=1S/C29H31N5O3/c35-28(36)16-27(21-14-20-5-3-12-30-29(20)31-17-21)34-26-10-9-24(15-22(26)18-32-34)37-13-11-23-8-7-19-4-1-2-6-25(19)33-23/h7-10,14-15,17-18,27H,1-6,11-13,16H2,(H,30,31)(H,35,36). The molecule has 1 aliphatic carbocycles. The van der Waals surface area contributed by atoms with Crippen LogP contribution in [0.15, 0.2) is 48.8 Å². The molecular formula is C29H31N5O3. The highest BCUT2D eigenvalue weighted by molar-refractivity contribution is 5.81. The SMILES string of the molecule is O=C(O)CC(c1cnc2c(c1)CCCN2)n1ncc2cc(OCCc3ccc4c(n3)CCCC4)ccc21. The van der Waals surface area contributed by atoms with Gasteiger partial charge in [0.25, 0.3) is 0 Å². The zero-order valence-electron chi connectivity index (χ0n) is 20.8. The summed E-state index contributed by atoms with van der Waals surface area (Å²) in [5.41, 5.74) is 6.56. The third kappa shape index (κ3) is 5.01. The van der Waals surface area contributed by atoms with Crippen molar-refractivity contribution in [2.45, 2.75) is 57.4 Å². The summed E-state index contributed by atoms with van der Waals surface area (Å²) in [5.74, 6) is 0.781. The largest absolute Gasteiger partial charge is 0.493 e. The van der Waals surface area contributed by atoms with Crippen LogP contribution in [-0.4, -0.2) is 44.0 Å². The summed E-state index contributed by atoms with van der Waals surface area (Å²) in [4.78, 5) is 21.2. The second kappa shape index (κ2) is 10.2. The predicted molar refractivity (Wildman–Crippen MR) is 141 cm³/mol. The monoisotopic (exact) mass is 497 g/mol. The van der Waals surface area contributed by atoms with Gasteiger partial charge in [-0.15, -0.1) is 0 Å². The fraction of sp³-hybridized carbons (Fsp3) is 0.379. The molecule has 4 aromatic rings. The van der Waals surface area contributed by atoms with Crippen LogP contribution in [0.5, 0.6) is 5.75 Å². The van der Waals surface area contributed by atoms with Crippen LogP contribution in [-0.2, 0) is 30.5 Å². The van der Waals surface area contributed by atoms with Gasteiger partial charge in [-0.05, 0) is 85.5 Å². The lowest BCUT2D eigenvalue weighted by atomic mass is 9.96. The minimum absolute atomic E-state index is 0.0727. The molecule has 0 bridgehead atoms. The quantitative estimate of drug-likeness (QED) is 0.362. The average molecular weight is 498 g/mol. The van der Waals surface area contributed by atoms with E-state index < -0.39 is 12.0 Å². The van der Waals surface area contributed by atoms with E-state index in [0.29, 0.717) is 6.61 Å². The van der Waals surface area contributed by atoms with Crippen LogP contribution in [0.2, 0.25) is 0 Å². The first-order chi connectivity index (χ1) is 18.1. The molecule has 1 unspecified atom stereocenters. The minimum Gasteiger partial charge on any atom is -0.493 e. The van der Waals surface area contributed by atoms with Crippen LogP contribution in [0, 0.1) is 0 Å². The lowest BCUT2D eigenvalue weighted by molar-refractivity contribution is -0.137. The number of carboxylic acid groups (broad SMARTS) is 1. The number of hydrogen-bond acceptors (Lipinski definition) is 6. The molecule has 0 saturated carbocycles. The van der Waals surface area contributed by atoms with Crippen LogP contribution < -0.4 is 10.1 Å². The predicted octanol–water partition coefficient (Wildman–Crippen LogP) is 4.75. The molecule has 0 fully saturated rings. The summed E-state index contributed by atoms with van der Waals surface area (Å²) < 4.78 is 7.85. The van der Waals surface area contributed by atoms with Crippen LogP contribution in [0.1, 0.15) is 59.8 Å². The molecule has 8 heteroatoms. The molecule has 1 atom stereocenters. The maximum Gasteiger partial charge on any atom is 0.305 e.